The molecule has 0 radical (unpaired) electrons. The highest BCUT2D eigenvalue weighted by molar-refractivity contribution is 6.77. The summed E-state index contributed by atoms with van der Waals surface area (Å²) >= 11 is 0. The Morgan fingerprint density at radius 1 is 0.938 bits per heavy atom. The number of ether oxygens (including phenoxy) is 3. The summed E-state index contributed by atoms with van der Waals surface area (Å²) in [4.78, 5) is 13.1. The van der Waals surface area contributed by atoms with Crippen molar-refractivity contribution >= 4 is 14.3 Å². The van der Waals surface area contributed by atoms with E-state index < -0.39 is 14.4 Å². The molecule has 1 saturated heterocycles. The molecular weight excluding hydrogens is 420 g/mol. The second-order valence-electron chi connectivity index (χ2n) is 10.3. The summed E-state index contributed by atoms with van der Waals surface area (Å²) in [6.45, 7) is 18.8. The number of unbranched alkanes of at least 4 members (excludes halogenated alkanes) is 4. The minimum atomic E-state index is -2.19. The quantitative estimate of drug-likeness (QED) is 0.133. The predicted molar refractivity (Wildman–Crippen MR) is 134 cm³/mol. The number of hydrogen-bond acceptors (Lipinski definition) is 5. The van der Waals surface area contributed by atoms with Gasteiger partial charge in [0.15, 0.2) is 12.4 Å². The Morgan fingerprint density at radius 2 is 1.56 bits per heavy atom. The monoisotopic (exact) mass is 472 g/mol. The molecule has 0 N–H and O–H groups in total. The Kier molecular flexibility index (Phi) is 14.3. The zero-order valence-corrected chi connectivity index (χ0v) is 23.3. The number of hydrogen-bond donors (Lipinski definition) is 0. The maximum atomic E-state index is 13.1. The molecule has 1 aliphatic heterocycles. The van der Waals surface area contributed by atoms with Crippen molar-refractivity contribution in [1.82, 2.24) is 0 Å². The van der Waals surface area contributed by atoms with E-state index in [0.717, 1.165) is 38.5 Å². The SMILES string of the molecule is CCCCCCC[C@H](O[Si](C(C)C)(C(C)C)C(C)C)[C@@H](OC1CCCCO1)C(=O)OCC. The molecule has 1 aliphatic rings. The van der Waals surface area contributed by atoms with Crippen molar-refractivity contribution in [3.05, 3.63) is 0 Å². The molecule has 0 aromatic heterocycles. The Morgan fingerprint density at radius 3 is 2.06 bits per heavy atom. The molecule has 1 fully saturated rings. The molecule has 0 bridgehead atoms. The van der Waals surface area contributed by atoms with Crippen LogP contribution in [0.3, 0.4) is 0 Å². The molecule has 5 nitrogen and oxygen atoms in total. The van der Waals surface area contributed by atoms with Gasteiger partial charge in [-0.25, -0.2) is 4.79 Å². The highest BCUT2D eigenvalue weighted by Crippen LogP contribution is 2.44. The minimum absolute atomic E-state index is 0.292. The first-order chi connectivity index (χ1) is 15.2. The molecule has 0 aliphatic carbocycles. The van der Waals surface area contributed by atoms with Gasteiger partial charge in [-0.15, -0.1) is 0 Å². The van der Waals surface area contributed by atoms with Gasteiger partial charge in [0.05, 0.1) is 12.7 Å². The molecule has 0 saturated carbocycles. The first-order valence-corrected chi connectivity index (χ1v) is 15.5. The van der Waals surface area contributed by atoms with Crippen LogP contribution in [0.5, 0.6) is 0 Å². The third-order valence-electron chi connectivity index (χ3n) is 6.95. The number of carbonyl (C=O) groups excluding carboxylic acids is 1. The van der Waals surface area contributed by atoms with Crippen LogP contribution in [0.25, 0.3) is 0 Å². The lowest BCUT2D eigenvalue weighted by Gasteiger charge is -2.46. The Labute approximate surface area is 199 Å². The molecule has 0 amide bonds. The lowest BCUT2D eigenvalue weighted by molar-refractivity contribution is -0.217. The van der Waals surface area contributed by atoms with Crippen molar-refractivity contribution in [3.8, 4) is 0 Å². The van der Waals surface area contributed by atoms with Gasteiger partial charge in [0.2, 0.25) is 8.32 Å². The third-order valence-corrected chi connectivity index (χ3v) is 13.1. The van der Waals surface area contributed by atoms with Gasteiger partial charge in [-0.1, -0.05) is 80.6 Å². The van der Waals surface area contributed by atoms with Gasteiger partial charge in [0.1, 0.15) is 0 Å². The molecule has 3 atom stereocenters. The van der Waals surface area contributed by atoms with Gasteiger partial charge in [-0.3, -0.25) is 0 Å². The summed E-state index contributed by atoms with van der Waals surface area (Å²) in [7, 11) is -2.19. The van der Waals surface area contributed by atoms with Crippen molar-refractivity contribution in [2.24, 2.45) is 0 Å². The van der Waals surface area contributed by atoms with Crippen molar-refractivity contribution in [2.45, 2.75) is 148 Å². The first kappa shape index (κ1) is 29.6. The largest absolute Gasteiger partial charge is 0.464 e. The van der Waals surface area contributed by atoms with Gasteiger partial charge in [0.25, 0.3) is 0 Å². The third kappa shape index (κ3) is 8.73. The van der Waals surface area contributed by atoms with Gasteiger partial charge < -0.3 is 18.6 Å². The molecule has 190 valence electrons. The predicted octanol–water partition coefficient (Wildman–Crippen LogP) is 7.38. The molecule has 6 heteroatoms. The zero-order valence-electron chi connectivity index (χ0n) is 22.3. The van der Waals surface area contributed by atoms with Crippen LogP contribution in [-0.2, 0) is 23.4 Å². The summed E-state index contributed by atoms with van der Waals surface area (Å²) in [6, 6.07) is 0. The van der Waals surface area contributed by atoms with Crippen LogP contribution in [0.2, 0.25) is 16.6 Å². The van der Waals surface area contributed by atoms with Crippen LogP contribution in [0, 0.1) is 0 Å². The number of carbonyl (C=O) groups is 1. The molecule has 1 unspecified atom stereocenters. The second kappa shape index (κ2) is 15.5. The van der Waals surface area contributed by atoms with Crippen LogP contribution < -0.4 is 0 Å². The average molecular weight is 473 g/mol. The maximum Gasteiger partial charge on any atom is 0.338 e. The van der Waals surface area contributed by atoms with Crippen molar-refractivity contribution in [3.63, 3.8) is 0 Å². The highest BCUT2D eigenvalue weighted by atomic mass is 28.4. The van der Waals surface area contributed by atoms with E-state index in [1.165, 1.54) is 19.3 Å². The van der Waals surface area contributed by atoms with Crippen LogP contribution in [0.15, 0.2) is 0 Å². The average Bonchev–Trinajstić information content (AvgIpc) is 2.74. The highest BCUT2D eigenvalue weighted by Gasteiger charge is 2.49. The molecule has 0 spiro atoms. The van der Waals surface area contributed by atoms with Gasteiger partial charge in [-0.05, 0) is 49.2 Å². The van der Waals surface area contributed by atoms with Crippen molar-refractivity contribution in [1.29, 1.82) is 0 Å². The fourth-order valence-electron chi connectivity index (χ4n) is 5.39. The lowest BCUT2D eigenvalue weighted by Crippen LogP contribution is -2.54. The summed E-state index contributed by atoms with van der Waals surface area (Å²) in [5.41, 5.74) is 1.33. The van der Waals surface area contributed by atoms with E-state index in [1.807, 2.05) is 6.92 Å². The molecule has 1 rings (SSSR count). The van der Waals surface area contributed by atoms with E-state index in [0.29, 0.717) is 29.8 Å². The van der Waals surface area contributed by atoms with E-state index >= 15 is 0 Å². The normalized spacial score (nSPS) is 19.5. The fourth-order valence-corrected chi connectivity index (χ4v) is 11.0. The molecule has 32 heavy (non-hydrogen) atoms. The van der Waals surface area contributed by atoms with Crippen LogP contribution in [-0.4, -0.2) is 46.0 Å². The summed E-state index contributed by atoms with van der Waals surface area (Å²) in [5.74, 6) is -0.306. The molecule has 0 aromatic carbocycles. The topological polar surface area (TPSA) is 54.0 Å². The summed E-state index contributed by atoms with van der Waals surface area (Å²) in [5, 5.41) is 0. The summed E-state index contributed by atoms with van der Waals surface area (Å²) < 4.78 is 24.8. The Balaban J connectivity index is 3.19. The molecular formula is C26H52O5Si. The van der Waals surface area contributed by atoms with E-state index in [2.05, 4.69) is 48.5 Å². The van der Waals surface area contributed by atoms with Gasteiger partial charge in [0, 0.05) is 6.61 Å². The number of rotatable bonds is 16. The number of esters is 1. The fraction of sp³-hybridized carbons (Fsp3) is 0.962. The zero-order chi connectivity index (χ0) is 24.1. The molecule has 1 heterocycles. The second-order valence-corrected chi connectivity index (χ2v) is 15.7. The Hall–Kier alpha value is -0.433. The van der Waals surface area contributed by atoms with E-state index in [4.69, 9.17) is 18.6 Å². The maximum absolute atomic E-state index is 13.1. The molecule has 0 aromatic rings. The minimum Gasteiger partial charge on any atom is -0.464 e. The standard InChI is InChI=1S/C26H52O5Si/c1-9-11-12-13-14-17-23(31-32(20(3)4,21(5)6)22(7)8)25(26(27)28-10-2)30-24-18-15-16-19-29-24/h20-25H,9-19H2,1-8H3/t23-,24?,25+/m0/s1. The van der Waals surface area contributed by atoms with E-state index in [9.17, 15) is 4.79 Å². The van der Waals surface area contributed by atoms with Gasteiger partial charge >= 0.3 is 5.97 Å². The van der Waals surface area contributed by atoms with Crippen LogP contribution >= 0.6 is 0 Å². The van der Waals surface area contributed by atoms with Crippen molar-refractivity contribution < 1.29 is 23.4 Å². The van der Waals surface area contributed by atoms with E-state index in [1.54, 1.807) is 0 Å². The van der Waals surface area contributed by atoms with Crippen molar-refractivity contribution in [2.75, 3.05) is 13.2 Å². The first-order valence-electron chi connectivity index (χ1n) is 13.3. The van der Waals surface area contributed by atoms with Crippen LogP contribution in [0.4, 0.5) is 0 Å². The van der Waals surface area contributed by atoms with Crippen LogP contribution in [0.1, 0.15) is 113 Å². The smallest absolute Gasteiger partial charge is 0.338 e. The van der Waals surface area contributed by atoms with E-state index in [-0.39, 0.29) is 18.4 Å². The van der Waals surface area contributed by atoms with Gasteiger partial charge in [-0.2, -0.15) is 0 Å². The lowest BCUT2D eigenvalue weighted by atomic mass is 10.0. The summed E-state index contributed by atoms with van der Waals surface area (Å²) in [6.07, 6.45) is 8.26. The Bertz CT molecular complexity index is 481.